The summed E-state index contributed by atoms with van der Waals surface area (Å²) in [7, 11) is -3.59. The topological polar surface area (TPSA) is 122 Å². The zero-order chi connectivity index (χ0) is 22.1. The number of oxazole rings is 1. The summed E-state index contributed by atoms with van der Waals surface area (Å²) in [6.45, 7) is 5.53. The fourth-order valence-corrected chi connectivity index (χ4v) is 3.66. The Morgan fingerprint density at radius 2 is 1.91 bits per heavy atom. The SMILES string of the molecule is CCNC(=NCc1coc(-c2ccc(C)cc2)n1)NCCNS(=O)(=O)c1cccnc1.I. The molecule has 0 saturated heterocycles. The average molecular weight is 570 g/mol. The lowest BCUT2D eigenvalue weighted by atomic mass is 10.1. The fourth-order valence-electron chi connectivity index (χ4n) is 2.67. The van der Waals surface area contributed by atoms with Crippen LogP contribution in [0.15, 0.2) is 69.4 Å². The standard InChI is InChI=1S/C21H26N6O3S.HI/c1-3-23-21(24-11-12-26-31(28,29)19-5-4-10-22-14-19)25-13-18-15-30-20(27-18)17-8-6-16(2)7-9-17;/h4-10,14-15,26H,3,11-13H2,1-2H3,(H2,23,24,25);1H. The Bertz CT molecular complexity index is 1100. The lowest BCUT2D eigenvalue weighted by Gasteiger charge is -2.11. The molecule has 0 unspecified atom stereocenters. The number of hydrogen-bond donors (Lipinski definition) is 3. The third kappa shape index (κ3) is 7.57. The zero-order valence-corrected chi connectivity index (χ0v) is 21.1. The molecule has 0 fully saturated rings. The largest absolute Gasteiger partial charge is 0.444 e. The molecule has 0 saturated carbocycles. The lowest BCUT2D eigenvalue weighted by Crippen LogP contribution is -2.41. The number of aromatic nitrogens is 2. The van der Waals surface area contributed by atoms with Crippen molar-refractivity contribution in [2.45, 2.75) is 25.3 Å². The number of rotatable bonds is 9. The van der Waals surface area contributed by atoms with Crippen molar-refractivity contribution in [3.8, 4) is 11.5 Å². The van der Waals surface area contributed by atoms with Gasteiger partial charge < -0.3 is 15.1 Å². The van der Waals surface area contributed by atoms with Crippen LogP contribution in [0.3, 0.4) is 0 Å². The molecule has 11 heteroatoms. The predicted molar refractivity (Wildman–Crippen MR) is 134 cm³/mol. The van der Waals surface area contributed by atoms with Crippen LogP contribution >= 0.6 is 24.0 Å². The van der Waals surface area contributed by atoms with Gasteiger partial charge in [0.05, 0.1) is 6.54 Å². The maximum atomic E-state index is 12.2. The first kappa shape index (κ1) is 25.7. The van der Waals surface area contributed by atoms with Crippen molar-refractivity contribution in [1.29, 1.82) is 0 Å². The smallest absolute Gasteiger partial charge is 0.242 e. The van der Waals surface area contributed by atoms with Gasteiger partial charge in [-0.25, -0.2) is 23.1 Å². The number of sulfonamides is 1. The van der Waals surface area contributed by atoms with Gasteiger partial charge in [0.2, 0.25) is 15.9 Å². The third-order valence-corrected chi connectivity index (χ3v) is 5.69. The van der Waals surface area contributed by atoms with Gasteiger partial charge in [0, 0.05) is 37.6 Å². The van der Waals surface area contributed by atoms with Crippen molar-refractivity contribution >= 4 is 40.0 Å². The van der Waals surface area contributed by atoms with E-state index in [1.54, 1.807) is 12.3 Å². The van der Waals surface area contributed by atoms with Gasteiger partial charge in [-0.05, 0) is 38.1 Å². The molecule has 0 aliphatic carbocycles. The molecule has 0 aliphatic rings. The molecule has 0 radical (unpaired) electrons. The number of aliphatic imine (C=N–C) groups is 1. The van der Waals surface area contributed by atoms with Crippen LogP contribution in [0.4, 0.5) is 0 Å². The van der Waals surface area contributed by atoms with Crippen molar-refractivity contribution in [3.63, 3.8) is 0 Å². The Hall–Kier alpha value is -2.51. The Morgan fingerprint density at radius 3 is 2.59 bits per heavy atom. The summed E-state index contributed by atoms with van der Waals surface area (Å²) in [4.78, 5) is 12.9. The number of pyridine rings is 1. The van der Waals surface area contributed by atoms with Gasteiger partial charge in [-0.1, -0.05) is 17.7 Å². The van der Waals surface area contributed by atoms with E-state index >= 15 is 0 Å². The van der Waals surface area contributed by atoms with E-state index < -0.39 is 10.0 Å². The van der Waals surface area contributed by atoms with E-state index in [1.807, 2.05) is 38.1 Å². The summed E-state index contributed by atoms with van der Waals surface area (Å²) < 4.78 is 32.5. The van der Waals surface area contributed by atoms with E-state index in [4.69, 9.17) is 4.42 Å². The summed E-state index contributed by atoms with van der Waals surface area (Å²) in [6, 6.07) is 11.0. The molecule has 1 aromatic carbocycles. The summed E-state index contributed by atoms with van der Waals surface area (Å²) in [5, 5.41) is 6.22. The van der Waals surface area contributed by atoms with Gasteiger partial charge in [0.25, 0.3) is 0 Å². The van der Waals surface area contributed by atoms with E-state index in [9.17, 15) is 8.42 Å². The first-order valence-electron chi connectivity index (χ1n) is 9.91. The minimum Gasteiger partial charge on any atom is -0.444 e. The molecule has 0 spiro atoms. The van der Waals surface area contributed by atoms with Crippen molar-refractivity contribution in [3.05, 3.63) is 66.3 Å². The second kappa shape index (κ2) is 12.5. The van der Waals surface area contributed by atoms with Crippen LogP contribution in [-0.4, -0.2) is 44.0 Å². The summed E-state index contributed by atoms with van der Waals surface area (Å²) in [5.41, 5.74) is 2.78. The Balaban J connectivity index is 0.00000363. The fraction of sp³-hybridized carbons (Fsp3) is 0.286. The van der Waals surface area contributed by atoms with Gasteiger partial charge >= 0.3 is 0 Å². The first-order chi connectivity index (χ1) is 15.0. The van der Waals surface area contributed by atoms with Crippen LogP contribution in [0.5, 0.6) is 0 Å². The number of benzene rings is 1. The molecule has 9 nitrogen and oxygen atoms in total. The van der Waals surface area contributed by atoms with Gasteiger partial charge in [0.1, 0.15) is 16.9 Å². The van der Waals surface area contributed by atoms with Gasteiger partial charge in [-0.3, -0.25) is 4.98 Å². The predicted octanol–water partition coefficient (Wildman–Crippen LogP) is 2.70. The monoisotopic (exact) mass is 570 g/mol. The minimum atomic E-state index is -3.59. The van der Waals surface area contributed by atoms with Crippen molar-refractivity contribution < 1.29 is 12.8 Å². The molecule has 3 N–H and O–H groups in total. The highest BCUT2D eigenvalue weighted by Gasteiger charge is 2.13. The molecule has 0 atom stereocenters. The summed E-state index contributed by atoms with van der Waals surface area (Å²) >= 11 is 0. The van der Waals surface area contributed by atoms with Crippen LogP contribution in [0.2, 0.25) is 0 Å². The second-order valence-corrected chi connectivity index (χ2v) is 8.49. The van der Waals surface area contributed by atoms with Crippen LogP contribution in [0.25, 0.3) is 11.5 Å². The van der Waals surface area contributed by atoms with Crippen molar-refractivity contribution in [2.75, 3.05) is 19.6 Å². The maximum absolute atomic E-state index is 12.2. The van der Waals surface area contributed by atoms with E-state index in [0.29, 0.717) is 37.2 Å². The number of halogens is 1. The van der Waals surface area contributed by atoms with Crippen molar-refractivity contribution in [1.82, 2.24) is 25.3 Å². The zero-order valence-electron chi connectivity index (χ0n) is 17.9. The molecule has 0 bridgehead atoms. The van der Waals surface area contributed by atoms with Gasteiger partial charge in [0.15, 0.2) is 5.96 Å². The average Bonchev–Trinajstić information content (AvgIpc) is 3.25. The van der Waals surface area contributed by atoms with Crippen LogP contribution in [0, 0.1) is 6.92 Å². The second-order valence-electron chi connectivity index (χ2n) is 6.72. The third-order valence-electron chi connectivity index (χ3n) is 4.25. The van der Waals surface area contributed by atoms with Crippen LogP contribution < -0.4 is 15.4 Å². The van der Waals surface area contributed by atoms with E-state index in [0.717, 1.165) is 5.56 Å². The number of hydrogen-bond acceptors (Lipinski definition) is 6. The first-order valence-corrected chi connectivity index (χ1v) is 11.4. The Morgan fingerprint density at radius 1 is 1.12 bits per heavy atom. The summed E-state index contributed by atoms with van der Waals surface area (Å²) in [6.07, 6.45) is 4.42. The van der Waals surface area contributed by atoms with Crippen LogP contribution in [-0.2, 0) is 16.6 Å². The highest BCUT2D eigenvalue weighted by molar-refractivity contribution is 14.0. The Labute approximate surface area is 205 Å². The van der Waals surface area contributed by atoms with E-state index in [-0.39, 0.29) is 35.4 Å². The number of nitrogens with one attached hydrogen (secondary N) is 3. The van der Waals surface area contributed by atoms with Gasteiger partial charge in [-0.2, -0.15) is 0 Å². The van der Waals surface area contributed by atoms with Crippen LogP contribution in [0.1, 0.15) is 18.2 Å². The molecule has 32 heavy (non-hydrogen) atoms. The number of aryl methyl sites for hydroxylation is 1. The highest BCUT2D eigenvalue weighted by atomic mass is 127. The lowest BCUT2D eigenvalue weighted by molar-refractivity contribution is 0.572. The molecule has 0 aliphatic heterocycles. The van der Waals surface area contributed by atoms with E-state index in [2.05, 4.69) is 30.3 Å². The maximum Gasteiger partial charge on any atom is 0.242 e. The number of guanidine groups is 1. The van der Waals surface area contributed by atoms with E-state index in [1.165, 1.54) is 24.0 Å². The molecular formula is C21H27IN6O3S. The molecule has 172 valence electrons. The minimum absolute atomic E-state index is 0. The summed E-state index contributed by atoms with van der Waals surface area (Å²) in [5.74, 6) is 1.11. The van der Waals surface area contributed by atoms with Gasteiger partial charge in [-0.15, -0.1) is 24.0 Å². The number of nitrogens with zero attached hydrogens (tertiary/aromatic N) is 3. The molecule has 3 rings (SSSR count). The normalized spacial score (nSPS) is 11.6. The Kier molecular flexibility index (Phi) is 10.1. The molecule has 2 aromatic heterocycles. The molecule has 3 aromatic rings. The quantitative estimate of drug-likeness (QED) is 0.157. The molecule has 2 heterocycles. The highest BCUT2D eigenvalue weighted by Crippen LogP contribution is 2.19. The molecule has 0 amide bonds. The van der Waals surface area contributed by atoms with Crippen molar-refractivity contribution in [2.24, 2.45) is 4.99 Å². The molecular weight excluding hydrogens is 543 g/mol.